The molecule has 0 unspecified atom stereocenters. The summed E-state index contributed by atoms with van der Waals surface area (Å²) < 4.78 is 26.6. The van der Waals surface area contributed by atoms with Crippen molar-refractivity contribution in [3.05, 3.63) is 46.7 Å². The number of hydrogen-bond donors (Lipinski definition) is 2. The van der Waals surface area contributed by atoms with E-state index in [2.05, 4.69) is 9.71 Å². The van der Waals surface area contributed by atoms with Gasteiger partial charge in [-0.05, 0) is 24.3 Å². The zero-order chi connectivity index (χ0) is 14.0. The Bertz CT molecular complexity index is 720. The van der Waals surface area contributed by atoms with Crippen molar-refractivity contribution in [3.63, 3.8) is 0 Å². The van der Waals surface area contributed by atoms with Crippen LogP contribution >= 0.6 is 23.2 Å². The van der Waals surface area contributed by atoms with E-state index in [4.69, 9.17) is 28.9 Å². The van der Waals surface area contributed by atoms with E-state index in [1.165, 1.54) is 36.7 Å². The molecule has 0 fully saturated rings. The van der Waals surface area contributed by atoms with E-state index in [1.807, 2.05) is 0 Å². The highest BCUT2D eigenvalue weighted by Gasteiger charge is 2.16. The maximum absolute atomic E-state index is 12.1. The third-order valence-electron chi connectivity index (χ3n) is 2.29. The van der Waals surface area contributed by atoms with E-state index in [9.17, 15) is 8.42 Å². The molecule has 19 heavy (non-hydrogen) atoms. The summed E-state index contributed by atoms with van der Waals surface area (Å²) in [6, 6.07) is 5.52. The van der Waals surface area contributed by atoms with Crippen molar-refractivity contribution in [2.75, 3.05) is 10.5 Å². The van der Waals surface area contributed by atoms with Gasteiger partial charge in [0.05, 0.1) is 32.5 Å². The van der Waals surface area contributed by atoms with Gasteiger partial charge in [0, 0.05) is 6.20 Å². The van der Waals surface area contributed by atoms with E-state index in [0.29, 0.717) is 5.02 Å². The molecule has 0 saturated heterocycles. The van der Waals surface area contributed by atoms with Crippen molar-refractivity contribution < 1.29 is 8.42 Å². The molecule has 5 nitrogen and oxygen atoms in total. The van der Waals surface area contributed by atoms with Crippen molar-refractivity contribution in [1.82, 2.24) is 4.98 Å². The lowest BCUT2D eigenvalue weighted by atomic mass is 10.3. The number of pyridine rings is 1. The van der Waals surface area contributed by atoms with Crippen LogP contribution in [0.5, 0.6) is 0 Å². The van der Waals surface area contributed by atoms with Crippen LogP contribution < -0.4 is 10.5 Å². The highest BCUT2D eigenvalue weighted by atomic mass is 35.5. The van der Waals surface area contributed by atoms with Crippen molar-refractivity contribution in [1.29, 1.82) is 0 Å². The molecule has 100 valence electrons. The average Bonchev–Trinajstić information content (AvgIpc) is 2.35. The maximum Gasteiger partial charge on any atom is 0.262 e. The predicted molar refractivity (Wildman–Crippen MR) is 75.9 cm³/mol. The monoisotopic (exact) mass is 317 g/mol. The topological polar surface area (TPSA) is 85.1 Å². The minimum absolute atomic E-state index is 0.00526. The Morgan fingerprint density at radius 2 is 1.89 bits per heavy atom. The Labute approximate surface area is 120 Å². The number of hydrogen-bond acceptors (Lipinski definition) is 4. The summed E-state index contributed by atoms with van der Waals surface area (Å²) in [6.07, 6.45) is 2.78. The predicted octanol–water partition coefficient (Wildman–Crippen LogP) is 2.77. The number of nitrogens with two attached hydrogens (primary N) is 1. The van der Waals surface area contributed by atoms with Crippen LogP contribution in [0.4, 0.5) is 11.4 Å². The molecule has 0 aliphatic heterocycles. The van der Waals surface area contributed by atoms with Crippen LogP contribution in [-0.4, -0.2) is 13.4 Å². The van der Waals surface area contributed by atoms with E-state index < -0.39 is 10.0 Å². The maximum atomic E-state index is 12.1. The van der Waals surface area contributed by atoms with Crippen molar-refractivity contribution in [3.8, 4) is 0 Å². The van der Waals surface area contributed by atoms with Crippen LogP contribution in [0, 0.1) is 0 Å². The average molecular weight is 318 g/mol. The lowest BCUT2D eigenvalue weighted by molar-refractivity contribution is 0.601. The summed E-state index contributed by atoms with van der Waals surface area (Å²) in [5.74, 6) is 0. The Kier molecular flexibility index (Phi) is 3.84. The van der Waals surface area contributed by atoms with Crippen LogP contribution in [0.25, 0.3) is 0 Å². The molecule has 0 aliphatic carbocycles. The summed E-state index contributed by atoms with van der Waals surface area (Å²) >= 11 is 11.6. The number of nitrogens with zero attached hydrogens (tertiary/aromatic N) is 1. The van der Waals surface area contributed by atoms with Gasteiger partial charge in [-0.3, -0.25) is 9.71 Å². The van der Waals surface area contributed by atoms with Gasteiger partial charge >= 0.3 is 0 Å². The van der Waals surface area contributed by atoms with Crippen LogP contribution in [0.3, 0.4) is 0 Å². The standard InChI is InChI=1S/C11H9Cl2N3O2S/c12-8-2-1-7(5-10(8)14)19(17,18)16-11-6-15-4-3-9(11)13/h1-6,16H,14H2. The Balaban J connectivity index is 2.38. The molecule has 0 bridgehead atoms. The molecule has 0 saturated carbocycles. The van der Waals surface area contributed by atoms with Crippen LogP contribution in [0.15, 0.2) is 41.6 Å². The first-order chi connectivity index (χ1) is 8.90. The molecule has 1 heterocycles. The van der Waals surface area contributed by atoms with Crippen LogP contribution in [0.1, 0.15) is 0 Å². The first-order valence-corrected chi connectivity index (χ1v) is 7.31. The first kappa shape index (κ1) is 13.9. The van der Waals surface area contributed by atoms with Gasteiger partial charge in [0.2, 0.25) is 0 Å². The summed E-state index contributed by atoms with van der Waals surface area (Å²) in [7, 11) is -3.79. The number of anilines is 2. The van der Waals surface area contributed by atoms with Gasteiger partial charge in [-0.15, -0.1) is 0 Å². The van der Waals surface area contributed by atoms with Gasteiger partial charge in [0.15, 0.2) is 0 Å². The molecule has 0 amide bonds. The molecule has 0 radical (unpaired) electrons. The lowest BCUT2D eigenvalue weighted by Gasteiger charge is -2.09. The van der Waals surface area contributed by atoms with E-state index in [0.717, 1.165) is 0 Å². The molecule has 3 N–H and O–H groups in total. The molecular weight excluding hydrogens is 309 g/mol. The van der Waals surface area contributed by atoms with E-state index in [-0.39, 0.29) is 21.3 Å². The molecule has 0 atom stereocenters. The molecular formula is C11H9Cl2N3O2S. The van der Waals surface area contributed by atoms with Crippen LogP contribution in [0.2, 0.25) is 10.0 Å². The molecule has 0 spiro atoms. The van der Waals surface area contributed by atoms with Crippen molar-refractivity contribution in [2.45, 2.75) is 4.90 Å². The van der Waals surface area contributed by atoms with E-state index in [1.54, 1.807) is 0 Å². The van der Waals surface area contributed by atoms with E-state index >= 15 is 0 Å². The molecule has 2 aromatic rings. The number of benzene rings is 1. The SMILES string of the molecule is Nc1cc(S(=O)(=O)Nc2cnccc2Cl)ccc1Cl. The van der Waals surface area contributed by atoms with Gasteiger partial charge in [0.25, 0.3) is 10.0 Å². The van der Waals surface area contributed by atoms with Gasteiger partial charge in [-0.1, -0.05) is 23.2 Å². The zero-order valence-corrected chi connectivity index (χ0v) is 11.8. The zero-order valence-electron chi connectivity index (χ0n) is 9.47. The number of nitrogens with one attached hydrogen (secondary N) is 1. The lowest BCUT2D eigenvalue weighted by Crippen LogP contribution is -2.13. The molecule has 1 aromatic carbocycles. The number of sulfonamides is 1. The van der Waals surface area contributed by atoms with Crippen LogP contribution in [-0.2, 0) is 10.0 Å². The largest absolute Gasteiger partial charge is 0.397 e. The Hall–Kier alpha value is -1.50. The summed E-state index contributed by atoms with van der Waals surface area (Å²) in [5.41, 5.74) is 5.95. The Morgan fingerprint density at radius 3 is 2.53 bits per heavy atom. The molecule has 1 aromatic heterocycles. The number of nitrogen functional groups attached to an aromatic ring is 1. The van der Waals surface area contributed by atoms with Gasteiger partial charge in [0.1, 0.15) is 0 Å². The summed E-state index contributed by atoms with van der Waals surface area (Å²) in [4.78, 5) is 3.79. The molecule has 8 heteroatoms. The van der Waals surface area contributed by atoms with Gasteiger partial charge in [-0.25, -0.2) is 8.42 Å². The third-order valence-corrected chi connectivity index (χ3v) is 4.33. The second-order valence-corrected chi connectivity index (χ2v) is 6.14. The van der Waals surface area contributed by atoms with Crippen molar-refractivity contribution in [2.24, 2.45) is 0 Å². The number of rotatable bonds is 3. The van der Waals surface area contributed by atoms with Gasteiger partial charge < -0.3 is 5.73 Å². The number of halogens is 2. The van der Waals surface area contributed by atoms with Gasteiger partial charge in [-0.2, -0.15) is 0 Å². The minimum Gasteiger partial charge on any atom is -0.397 e. The second kappa shape index (κ2) is 5.24. The highest BCUT2D eigenvalue weighted by Crippen LogP contribution is 2.26. The molecule has 0 aliphatic rings. The number of aromatic nitrogens is 1. The third kappa shape index (κ3) is 3.09. The fourth-order valence-corrected chi connectivity index (χ4v) is 2.77. The van der Waals surface area contributed by atoms with Crippen molar-refractivity contribution >= 4 is 44.6 Å². The Morgan fingerprint density at radius 1 is 1.16 bits per heavy atom. The smallest absolute Gasteiger partial charge is 0.262 e. The normalized spacial score (nSPS) is 11.3. The quantitative estimate of drug-likeness (QED) is 0.852. The first-order valence-electron chi connectivity index (χ1n) is 5.07. The summed E-state index contributed by atoms with van der Waals surface area (Å²) in [6.45, 7) is 0. The highest BCUT2D eigenvalue weighted by molar-refractivity contribution is 7.92. The molecule has 2 rings (SSSR count). The second-order valence-electron chi connectivity index (χ2n) is 3.64. The summed E-state index contributed by atoms with van der Waals surface area (Å²) in [5, 5.41) is 0.541. The minimum atomic E-state index is -3.79. The fraction of sp³-hybridized carbons (Fsp3) is 0. The fourth-order valence-electron chi connectivity index (χ4n) is 1.35.